The lowest BCUT2D eigenvalue weighted by molar-refractivity contribution is -0.384. The summed E-state index contributed by atoms with van der Waals surface area (Å²) in [4.78, 5) is 10.6. The molecule has 0 fully saturated rings. The molecule has 0 aliphatic carbocycles. The molecule has 0 heterocycles. The van der Waals surface area contributed by atoms with Crippen LogP contribution in [-0.2, 0) is 10.0 Å². The zero-order chi connectivity index (χ0) is 17.2. The zero-order valence-electron chi connectivity index (χ0n) is 12.5. The maximum Gasteiger partial charge on any atom is 0.278 e. The van der Waals surface area contributed by atoms with Crippen LogP contribution in [0.3, 0.4) is 0 Å². The molecule has 1 N–H and O–H groups in total. The Morgan fingerprint density at radius 3 is 2.39 bits per heavy atom. The van der Waals surface area contributed by atoms with Crippen LogP contribution >= 0.6 is 11.6 Å². The fourth-order valence-corrected chi connectivity index (χ4v) is 3.97. The van der Waals surface area contributed by atoms with Gasteiger partial charge in [-0.2, -0.15) is 0 Å². The summed E-state index contributed by atoms with van der Waals surface area (Å²) in [5, 5.41) is 11.4. The molecule has 2 rings (SSSR count). The molecule has 0 saturated carbocycles. The molecule has 0 atom stereocenters. The van der Waals surface area contributed by atoms with E-state index in [1.165, 1.54) is 0 Å². The van der Waals surface area contributed by atoms with Gasteiger partial charge in [0, 0.05) is 12.6 Å². The van der Waals surface area contributed by atoms with Gasteiger partial charge in [-0.3, -0.25) is 10.1 Å². The fraction of sp³-hybridized carbons (Fsp3) is 0.200. The molecule has 0 spiro atoms. The molecule has 0 aromatic heterocycles. The number of nitrogens with one attached hydrogen (secondary N) is 1. The van der Waals surface area contributed by atoms with Gasteiger partial charge in [0.05, 0.1) is 15.5 Å². The van der Waals surface area contributed by atoms with E-state index in [1.54, 1.807) is 44.2 Å². The summed E-state index contributed by atoms with van der Waals surface area (Å²) in [6.45, 7) is 3.35. The van der Waals surface area contributed by atoms with Gasteiger partial charge in [0.1, 0.15) is 4.90 Å². The number of nitro benzene ring substituents is 1. The molecule has 23 heavy (non-hydrogen) atoms. The van der Waals surface area contributed by atoms with Crippen molar-refractivity contribution in [1.29, 1.82) is 0 Å². The minimum Gasteiger partial charge on any atom is -0.258 e. The Bertz CT molecular complexity index is 852. The standard InChI is InChI=1S/C15H15ClN2O4S/c1-3-17-23(21,22)13-9-12(18(19)20)14(10(2)15(13)16)11-7-5-4-6-8-11/h4-9,17H,3H2,1-2H3. The lowest BCUT2D eigenvalue weighted by Crippen LogP contribution is -2.24. The molecule has 122 valence electrons. The predicted molar refractivity (Wildman–Crippen MR) is 89.1 cm³/mol. The molecule has 0 amide bonds. The van der Waals surface area contributed by atoms with Gasteiger partial charge in [-0.1, -0.05) is 48.9 Å². The molecule has 2 aromatic rings. The smallest absolute Gasteiger partial charge is 0.258 e. The van der Waals surface area contributed by atoms with E-state index in [2.05, 4.69) is 4.72 Å². The van der Waals surface area contributed by atoms with Crippen LogP contribution in [0.4, 0.5) is 5.69 Å². The summed E-state index contributed by atoms with van der Waals surface area (Å²) in [6.07, 6.45) is 0. The maximum absolute atomic E-state index is 12.2. The van der Waals surface area contributed by atoms with Crippen molar-refractivity contribution in [2.45, 2.75) is 18.7 Å². The number of rotatable bonds is 5. The summed E-state index contributed by atoms with van der Waals surface area (Å²) in [6, 6.07) is 9.71. The van der Waals surface area contributed by atoms with Crippen LogP contribution in [0.15, 0.2) is 41.3 Å². The van der Waals surface area contributed by atoms with Crippen LogP contribution < -0.4 is 4.72 Å². The average Bonchev–Trinajstić information content (AvgIpc) is 2.50. The van der Waals surface area contributed by atoms with Gasteiger partial charge in [-0.05, 0) is 18.1 Å². The lowest BCUT2D eigenvalue weighted by Gasteiger charge is -2.13. The second kappa shape index (κ2) is 6.66. The number of halogens is 1. The topological polar surface area (TPSA) is 89.3 Å². The molecule has 0 aliphatic rings. The number of hydrogen-bond acceptors (Lipinski definition) is 4. The highest BCUT2D eigenvalue weighted by molar-refractivity contribution is 7.89. The maximum atomic E-state index is 12.2. The Hall–Kier alpha value is -1.96. The highest BCUT2D eigenvalue weighted by atomic mass is 35.5. The van der Waals surface area contributed by atoms with Crippen molar-refractivity contribution in [3.8, 4) is 11.1 Å². The van der Waals surface area contributed by atoms with Crippen LogP contribution in [0, 0.1) is 17.0 Å². The van der Waals surface area contributed by atoms with Crippen molar-refractivity contribution in [2.75, 3.05) is 6.54 Å². The first-order chi connectivity index (χ1) is 10.8. The van der Waals surface area contributed by atoms with E-state index >= 15 is 0 Å². The number of benzene rings is 2. The Labute approximate surface area is 139 Å². The van der Waals surface area contributed by atoms with E-state index in [9.17, 15) is 18.5 Å². The molecule has 6 nitrogen and oxygen atoms in total. The molecule has 0 aliphatic heterocycles. The SMILES string of the molecule is CCNS(=O)(=O)c1cc([N+](=O)[O-])c(-c2ccccc2)c(C)c1Cl. The Balaban J connectivity index is 2.82. The van der Waals surface area contributed by atoms with Crippen LogP contribution in [0.1, 0.15) is 12.5 Å². The van der Waals surface area contributed by atoms with E-state index in [1.807, 2.05) is 0 Å². The van der Waals surface area contributed by atoms with Crippen LogP contribution in [0.25, 0.3) is 11.1 Å². The van der Waals surface area contributed by atoms with E-state index in [0.717, 1.165) is 6.07 Å². The van der Waals surface area contributed by atoms with Crippen molar-refractivity contribution < 1.29 is 13.3 Å². The van der Waals surface area contributed by atoms with Crippen LogP contribution in [0.5, 0.6) is 0 Å². The van der Waals surface area contributed by atoms with E-state index in [-0.39, 0.29) is 22.2 Å². The second-order valence-electron chi connectivity index (χ2n) is 4.83. The van der Waals surface area contributed by atoms with Gasteiger partial charge < -0.3 is 0 Å². The molecular weight excluding hydrogens is 340 g/mol. The zero-order valence-corrected chi connectivity index (χ0v) is 14.1. The predicted octanol–water partition coefficient (Wildman–Crippen LogP) is 3.52. The third-order valence-corrected chi connectivity index (χ3v) is 5.50. The van der Waals surface area contributed by atoms with Crippen molar-refractivity contribution in [3.05, 3.63) is 57.1 Å². The van der Waals surface area contributed by atoms with Crippen LogP contribution in [0.2, 0.25) is 5.02 Å². The molecule has 2 aromatic carbocycles. The van der Waals surface area contributed by atoms with Crippen molar-refractivity contribution in [1.82, 2.24) is 4.72 Å². The highest BCUT2D eigenvalue weighted by Gasteiger charge is 2.28. The van der Waals surface area contributed by atoms with Gasteiger partial charge >= 0.3 is 0 Å². The molecule has 0 radical (unpaired) electrons. The molecule has 0 bridgehead atoms. The summed E-state index contributed by atoms with van der Waals surface area (Å²) in [5.74, 6) is 0. The molecular formula is C15H15ClN2O4S. The van der Waals surface area contributed by atoms with E-state index in [0.29, 0.717) is 16.7 Å². The number of sulfonamides is 1. The third-order valence-electron chi connectivity index (χ3n) is 3.33. The van der Waals surface area contributed by atoms with Gasteiger partial charge in [-0.25, -0.2) is 13.1 Å². The van der Waals surface area contributed by atoms with Gasteiger partial charge in [0.15, 0.2) is 0 Å². The first-order valence-electron chi connectivity index (χ1n) is 6.82. The Morgan fingerprint density at radius 1 is 1.26 bits per heavy atom. The van der Waals surface area contributed by atoms with Crippen LogP contribution in [-0.4, -0.2) is 19.9 Å². The molecule has 0 unspecified atom stereocenters. The number of hydrogen-bond donors (Lipinski definition) is 1. The first kappa shape index (κ1) is 17.4. The summed E-state index contributed by atoms with van der Waals surface area (Å²) < 4.78 is 26.7. The fourth-order valence-electron chi connectivity index (χ4n) is 2.32. The normalized spacial score (nSPS) is 11.4. The third kappa shape index (κ3) is 3.36. The summed E-state index contributed by atoms with van der Waals surface area (Å²) >= 11 is 6.20. The van der Waals surface area contributed by atoms with Gasteiger partial charge in [0.2, 0.25) is 10.0 Å². The monoisotopic (exact) mass is 354 g/mol. The van der Waals surface area contributed by atoms with Crippen molar-refractivity contribution >= 4 is 27.3 Å². The Kier molecular flexibility index (Phi) is 5.03. The quantitative estimate of drug-likeness (QED) is 0.657. The van der Waals surface area contributed by atoms with Crippen molar-refractivity contribution in [3.63, 3.8) is 0 Å². The highest BCUT2D eigenvalue weighted by Crippen LogP contribution is 2.40. The summed E-state index contributed by atoms with van der Waals surface area (Å²) in [7, 11) is -3.90. The minimum atomic E-state index is -3.90. The lowest BCUT2D eigenvalue weighted by atomic mass is 9.98. The summed E-state index contributed by atoms with van der Waals surface area (Å²) in [5.41, 5.74) is 0.972. The average molecular weight is 355 g/mol. The minimum absolute atomic E-state index is 0.0181. The number of nitro groups is 1. The molecule has 8 heteroatoms. The second-order valence-corrected chi connectivity index (χ2v) is 6.95. The van der Waals surface area contributed by atoms with Gasteiger partial charge in [-0.15, -0.1) is 0 Å². The van der Waals surface area contributed by atoms with Crippen molar-refractivity contribution in [2.24, 2.45) is 0 Å². The van der Waals surface area contributed by atoms with E-state index in [4.69, 9.17) is 11.6 Å². The largest absolute Gasteiger partial charge is 0.278 e. The number of nitrogens with zero attached hydrogens (tertiary/aromatic N) is 1. The Morgan fingerprint density at radius 2 is 1.87 bits per heavy atom. The van der Waals surface area contributed by atoms with E-state index < -0.39 is 14.9 Å². The van der Waals surface area contributed by atoms with Gasteiger partial charge in [0.25, 0.3) is 5.69 Å². The first-order valence-corrected chi connectivity index (χ1v) is 8.68. The molecule has 0 saturated heterocycles.